The predicted octanol–water partition coefficient (Wildman–Crippen LogP) is 3.53. The van der Waals surface area contributed by atoms with Crippen LogP contribution in [0.4, 0.5) is 26.3 Å². The van der Waals surface area contributed by atoms with Crippen LogP contribution >= 0.6 is 0 Å². The van der Waals surface area contributed by atoms with Gasteiger partial charge in [-0.3, -0.25) is 0 Å². The molecule has 6 heteroatoms. The fourth-order valence-corrected chi connectivity index (χ4v) is 1.74. The molecule has 0 aromatic carbocycles. The van der Waals surface area contributed by atoms with E-state index in [1.54, 1.807) is 0 Å². The van der Waals surface area contributed by atoms with Crippen molar-refractivity contribution in [3.8, 4) is 0 Å². The van der Waals surface area contributed by atoms with Crippen LogP contribution in [0.25, 0.3) is 0 Å². The maximum absolute atomic E-state index is 12.0. The van der Waals surface area contributed by atoms with Crippen LogP contribution in [-0.2, 0) is 0 Å². The summed E-state index contributed by atoms with van der Waals surface area (Å²) in [5.41, 5.74) is 0. The van der Waals surface area contributed by atoms with Crippen molar-refractivity contribution < 1.29 is 26.3 Å². The van der Waals surface area contributed by atoms with Crippen LogP contribution < -0.4 is 0 Å². The molecule has 0 aromatic heterocycles. The molecule has 1 aliphatic carbocycles. The zero-order valence-electron chi connectivity index (χ0n) is 6.54. The first-order chi connectivity index (χ1) is 5.73. The molecule has 0 amide bonds. The standard InChI is InChI=1S/C7H8F6/c8-6(9,10)4-2-1-3-5(4)7(11,12)13/h4-5H,1-3H2. The van der Waals surface area contributed by atoms with E-state index in [-0.39, 0.29) is 6.42 Å². The second-order valence-electron chi connectivity index (χ2n) is 3.23. The third-order valence-corrected chi connectivity index (χ3v) is 2.36. The Labute approximate surface area is 70.9 Å². The largest absolute Gasteiger partial charge is 0.392 e. The first kappa shape index (κ1) is 10.7. The minimum Gasteiger partial charge on any atom is -0.171 e. The van der Waals surface area contributed by atoms with Crippen molar-refractivity contribution >= 4 is 0 Å². The van der Waals surface area contributed by atoms with Crippen molar-refractivity contribution in [3.05, 3.63) is 0 Å². The third-order valence-electron chi connectivity index (χ3n) is 2.36. The highest BCUT2D eigenvalue weighted by molar-refractivity contribution is 4.86. The molecule has 0 aliphatic heterocycles. The molecule has 0 aromatic rings. The zero-order chi connectivity index (χ0) is 10.3. The molecule has 78 valence electrons. The molecule has 1 saturated carbocycles. The van der Waals surface area contributed by atoms with Gasteiger partial charge in [-0.25, -0.2) is 0 Å². The van der Waals surface area contributed by atoms with Crippen molar-refractivity contribution in [2.75, 3.05) is 0 Å². The van der Waals surface area contributed by atoms with Gasteiger partial charge in [0.05, 0.1) is 11.8 Å². The molecule has 0 bridgehead atoms. The fourth-order valence-electron chi connectivity index (χ4n) is 1.74. The first-order valence-corrected chi connectivity index (χ1v) is 3.86. The second kappa shape index (κ2) is 3.06. The normalized spacial score (nSPS) is 30.9. The van der Waals surface area contributed by atoms with Crippen molar-refractivity contribution in [1.82, 2.24) is 0 Å². The fraction of sp³-hybridized carbons (Fsp3) is 1.00. The summed E-state index contributed by atoms with van der Waals surface area (Å²) in [7, 11) is 0. The summed E-state index contributed by atoms with van der Waals surface area (Å²) in [6, 6.07) is 0. The van der Waals surface area contributed by atoms with Gasteiger partial charge in [-0.05, 0) is 12.8 Å². The van der Waals surface area contributed by atoms with Gasteiger partial charge in [-0.1, -0.05) is 6.42 Å². The maximum Gasteiger partial charge on any atom is 0.392 e. The van der Waals surface area contributed by atoms with Crippen LogP contribution in [0.3, 0.4) is 0 Å². The van der Waals surface area contributed by atoms with Gasteiger partial charge >= 0.3 is 12.4 Å². The lowest BCUT2D eigenvalue weighted by molar-refractivity contribution is -0.245. The number of rotatable bonds is 0. The van der Waals surface area contributed by atoms with E-state index in [9.17, 15) is 26.3 Å². The maximum atomic E-state index is 12.0. The van der Waals surface area contributed by atoms with Gasteiger partial charge in [0.1, 0.15) is 0 Å². The number of hydrogen-bond acceptors (Lipinski definition) is 0. The first-order valence-electron chi connectivity index (χ1n) is 3.86. The molecule has 1 rings (SSSR count). The minimum atomic E-state index is -4.71. The molecule has 2 unspecified atom stereocenters. The van der Waals surface area contributed by atoms with Crippen LogP contribution in [0.1, 0.15) is 19.3 Å². The summed E-state index contributed by atoms with van der Waals surface area (Å²) >= 11 is 0. The summed E-state index contributed by atoms with van der Waals surface area (Å²) in [6.45, 7) is 0. The van der Waals surface area contributed by atoms with Crippen LogP contribution in [0.5, 0.6) is 0 Å². The molecule has 0 N–H and O–H groups in total. The molecule has 13 heavy (non-hydrogen) atoms. The topological polar surface area (TPSA) is 0 Å². The average Bonchev–Trinajstić information content (AvgIpc) is 2.27. The van der Waals surface area contributed by atoms with Crippen LogP contribution in [0.15, 0.2) is 0 Å². The zero-order valence-corrected chi connectivity index (χ0v) is 6.54. The smallest absolute Gasteiger partial charge is 0.171 e. The summed E-state index contributed by atoms with van der Waals surface area (Å²) in [5.74, 6) is -4.38. The quantitative estimate of drug-likeness (QED) is 0.532. The van der Waals surface area contributed by atoms with Crippen LogP contribution in [-0.4, -0.2) is 12.4 Å². The molecule has 0 spiro atoms. The molecule has 0 nitrogen and oxygen atoms in total. The van der Waals surface area contributed by atoms with Gasteiger partial charge in [0.25, 0.3) is 0 Å². The SMILES string of the molecule is FC(F)(F)C1CCCC1C(F)(F)F. The molecule has 2 atom stereocenters. The van der Waals surface area contributed by atoms with E-state index in [0.717, 1.165) is 0 Å². The summed E-state index contributed by atoms with van der Waals surface area (Å²) in [5, 5.41) is 0. The Balaban J connectivity index is 2.76. The molecule has 1 aliphatic rings. The average molecular weight is 206 g/mol. The molecule has 1 fully saturated rings. The third kappa shape index (κ3) is 2.28. The van der Waals surface area contributed by atoms with Crippen molar-refractivity contribution in [3.63, 3.8) is 0 Å². The van der Waals surface area contributed by atoms with E-state index in [1.165, 1.54) is 0 Å². The van der Waals surface area contributed by atoms with Crippen LogP contribution in [0.2, 0.25) is 0 Å². The van der Waals surface area contributed by atoms with Gasteiger partial charge in [0, 0.05) is 0 Å². The predicted molar refractivity (Wildman–Crippen MR) is 32.9 cm³/mol. The summed E-state index contributed by atoms with van der Waals surface area (Å²) in [4.78, 5) is 0. The number of hydrogen-bond donors (Lipinski definition) is 0. The lowest BCUT2D eigenvalue weighted by atomic mass is 9.95. The van der Waals surface area contributed by atoms with E-state index in [1.807, 2.05) is 0 Å². The van der Waals surface area contributed by atoms with Gasteiger partial charge in [0.2, 0.25) is 0 Å². The van der Waals surface area contributed by atoms with Crippen LogP contribution in [0, 0.1) is 11.8 Å². The highest BCUT2D eigenvalue weighted by Crippen LogP contribution is 2.49. The number of halogens is 6. The van der Waals surface area contributed by atoms with Crippen molar-refractivity contribution in [2.45, 2.75) is 31.6 Å². The Morgan fingerprint density at radius 1 is 0.692 bits per heavy atom. The minimum absolute atomic E-state index is 0.00829. The Morgan fingerprint density at radius 2 is 1.00 bits per heavy atom. The Morgan fingerprint density at radius 3 is 1.23 bits per heavy atom. The highest BCUT2D eigenvalue weighted by atomic mass is 19.4. The Kier molecular flexibility index (Phi) is 2.51. The lowest BCUT2D eigenvalue weighted by Gasteiger charge is -2.24. The van der Waals surface area contributed by atoms with Crippen molar-refractivity contribution in [1.29, 1.82) is 0 Å². The van der Waals surface area contributed by atoms with Gasteiger partial charge in [-0.2, -0.15) is 26.3 Å². The van der Waals surface area contributed by atoms with E-state index >= 15 is 0 Å². The Hall–Kier alpha value is -0.420. The van der Waals surface area contributed by atoms with E-state index in [4.69, 9.17) is 0 Å². The molecule has 0 saturated heterocycles. The monoisotopic (exact) mass is 206 g/mol. The molecule has 0 radical (unpaired) electrons. The summed E-state index contributed by atoms with van der Waals surface area (Å²) < 4.78 is 72.2. The molecule has 0 heterocycles. The van der Waals surface area contributed by atoms with E-state index in [0.29, 0.717) is 0 Å². The van der Waals surface area contributed by atoms with Crippen molar-refractivity contribution in [2.24, 2.45) is 11.8 Å². The highest BCUT2D eigenvalue weighted by Gasteiger charge is 2.56. The lowest BCUT2D eigenvalue weighted by Crippen LogP contribution is -2.35. The summed E-state index contributed by atoms with van der Waals surface area (Å²) in [6.07, 6.45) is -10.2. The van der Waals surface area contributed by atoms with Gasteiger partial charge in [0.15, 0.2) is 0 Å². The van der Waals surface area contributed by atoms with E-state index < -0.39 is 37.0 Å². The molecular formula is C7H8F6. The number of alkyl halides is 6. The van der Waals surface area contributed by atoms with Gasteiger partial charge < -0.3 is 0 Å². The molecular weight excluding hydrogens is 198 g/mol. The Bertz CT molecular complexity index is 158. The second-order valence-corrected chi connectivity index (χ2v) is 3.23. The van der Waals surface area contributed by atoms with Gasteiger partial charge in [-0.15, -0.1) is 0 Å². The van der Waals surface area contributed by atoms with E-state index in [2.05, 4.69) is 0 Å².